The predicted octanol–water partition coefficient (Wildman–Crippen LogP) is 3.40. The van der Waals surface area contributed by atoms with Crippen molar-refractivity contribution in [3.8, 4) is 23.0 Å². The van der Waals surface area contributed by atoms with Crippen molar-refractivity contribution in [3.63, 3.8) is 0 Å². The number of alkyl halides is 3. The molecular formula is C25H21F3N8+2. The van der Waals surface area contributed by atoms with Crippen LogP contribution in [0.3, 0.4) is 0 Å². The average Bonchev–Trinajstić information content (AvgIpc) is 3.53. The lowest BCUT2D eigenvalue weighted by atomic mass is 9.86. The molecule has 4 aromatic heterocycles. The van der Waals surface area contributed by atoms with Crippen molar-refractivity contribution >= 4 is 10.8 Å². The normalized spacial score (nSPS) is 18.0. The Labute approximate surface area is 203 Å². The van der Waals surface area contributed by atoms with Gasteiger partial charge in [-0.05, 0) is 35.4 Å². The van der Waals surface area contributed by atoms with Crippen molar-refractivity contribution in [3.05, 3.63) is 72.1 Å². The van der Waals surface area contributed by atoms with Gasteiger partial charge in [0.25, 0.3) is 17.2 Å². The highest BCUT2D eigenvalue weighted by atomic mass is 19.4. The fourth-order valence-electron chi connectivity index (χ4n) is 5.23. The van der Waals surface area contributed by atoms with Crippen molar-refractivity contribution in [2.24, 2.45) is 0 Å². The van der Waals surface area contributed by atoms with E-state index in [-0.39, 0.29) is 11.2 Å². The minimum absolute atomic E-state index is 0.0849. The van der Waals surface area contributed by atoms with Gasteiger partial charge in [-0.1, -0.05) is 51.4 Å². The largest absolute Gasteiger partial charge is 0.586 e. The number of benzene rings is 1. The van der Waals surface area contributed by atoms with Crippen LogP contribution in [0.4, 0.5) is 13.2 Å². The van der Waals surface area contributed by atoms with Crippen LogP contribution >= 0.6 is 0 Å². The smallest absolute Gasteiger partial charge is 0.206 e. The molecule has 7 rings (SSSR count). The van der Waals surface area contributed by atoms with E-state index in [2.05, 4.69) is 53.1 Å². The van der Waals surface area contributed by atoms with Gasteiger partial charge in [0, 0.05) is 23.6 Å². The van der Waals surface area contributed by atoms with Gasteiger partial charge in [0.2, 0.25) is 11.6 Å². The Bertz CT molecular complexity index is 1740. The van der Waals surface area contributed by atoms with Crippen molar-refractivity contribution in [1.29, 1.82) is 0 Å². The molecule has 1 spiro atoms. The summed E-state index contributed by atoms with van der Waals surface area (Å²) in [6.45, 7) is 8.12. The standard InChI is InChI=1S/C25H21F3N8/c1-14-29-20-18-7-5-6-10-33(18)25(35(20)31-14)34-13-15-8-9-17(23(2,3)4)11-16(15)12-19(34)21-30-22(24(26,27)28)32-36(21)25/h5-13H,1-4H3/q+2. The Morgan fingerprint density at radius 2 is 1.58 bits per heavy atom. The molecule has 0 saturated carbocycles. The second-order valence-electron chi connectivity index (χ2n) is 10.2. The minimum atomic E-state index is -4.70. The van der Waals surface area contributed by atoms with Crippen LogP contribution < -0.4 is 9.13 Å². The van der Waals surface area contributed by atoms with Crippen LogP contribution in [-0.2, 0) is 17.5 Å². The number of aromatic nitrogens is 8. The lowest BCUT2D eigenvalue weighted by Crippen LogP contribution is -2.77. The number of halogens is 3. The number of rotatable bonds is 0. The van der Waals surface area contributed by atoms with E-state index in [9.17, 15) is 13.2 Å². The molecular weight excluding hydrogens is 469 g/mol. The zero-order valence-corrected chi connectivity index (χ0v) is 19.9. The second kappa shape index (κ2) is 6.34. The molecule has 0 saturated heterocycles. The Kier molecular flexibility index (Phi) is 3.73. The van der Waals surface area contributed by atoms with Gasteiger partial charge < -0.3 is 0 Å². The Hall–Kier alpha value is -4.15. The molecule has 0 bridgehead atoms. The average molecular weight is 490 g/mol. The molecule has 0 aliphatic carbocycles. The summed E-state index contributed by atoms with van der Waals surface area (Å²) in [4.78, 5) is 8.57. The summed E-state index contributed by atoms with van der Waals surface area (Å²) < 4.78 is 48.2. The van der Waals surface area contributed by atoms with Gasteiger partial charge in [0.05, 0.1) is 0 Å². The number of hydrogen-bond acceptors (Lipinski definition) is 4. The summed E-state index contributed by atoms with van der Waals surface area (Å²) in [5.74, 6) is -1.48. The van der Waals surface area contributed by atoms with Crippen LogP contribution in [0.1, 0.15) is 38.0 Å². The van der Waals surface area contributed by atoms with E-state index in [0.29, 0.717) is 23.0 Å². The molecule has 2 aliphatic heterocycles. The summed E-state index contributed by atoms with van der Waals surface area (Å²) in [6.07, 6.45) is -0.977. The molecule has 0 fully saturated rings. The van der Waals surface area contributed by atoms with Crippen LogP contribution in [-0.4, -0.2) is 29.5 Å². The first-order valence-corrected chi connectivity index (χ1v) is 11.5. The van der Waals surface area contributed by atoms with Gasteiger partial charge >= 0.3 is 12.1 Å². The highest BCUT2D eigenvalue weighted by molar-refractivity contribution is 5.84. The second-order valence-corrected chi connectivity index (χ2v) is 10.2. The fraction of sp³-hybridized carbons (Fsp3) is 0.280. The van der Waals surface area contributed by atoms with E-state index in [1.54, 1.807) is 17.8 Å². The fourth-order valence-corrected chi connectivity index (χ4v) is 5.23. The van der Waals surface area contributed by atoms with Crippen molar-refractivity contribution < 1.29 is 22.3 Å². The van der Waals surface area contributed by atoms with E-state index < -0.39 is 17.9 Å². The molecule has 1 atom stereocenters. The van der Waals surface area contributed by atoms with E-state index in [1.807, 2.05) is 45.7 Å². The zero-order chi connectivity index (χ0) is 25.2. The molecule has 6 heterocycles. The number of fused-ring (bicyclic) bond motifs is 11. The SMILES string of the molecule is Cc1nc2n(n1)C1(n3nc(C(F)(F)F)nc3-c3cc4cc(C(C)(C)C)ccc4c[n+]31)[n+]1ccccc1-2. The highest BCUT2D eigenvalue weighted by Crippen LogP contribution is 2.39. The Morgan fingerprint density at radius 1 is 0.833 bits per heavy atom. The third-order valence-corrected chi connectivity index (χ3v) is 6.88. The summed E-state index contributed by atoms with van der Waals surface area (Å²) in [6, 6.07) is 13.6. The van der Waals surface area contributed by atoms with Crippen molar-refractivity contribution in [2.75, 3.05) is 0 Å². The third-order valence-electron chi connectivity index (χ3n) is 6.88. The van der Waals surface area contributed by atoms with Crippen LogP contribution in [0, 0.1) is 6.92 Å². The van der Waals surface area contributed by atoms with Crippen molar-refractivity contribution in [1.82, 2.24) is 29.5 Å². The summed E-state index contributed by atoms with van der Waals surface area (Å²) in [7, 11) is 0. The Balaban J connectivity index is 1.63. The Morgan fingerprint density at radius 3 is 2.33 bits per heavy atom. The van der Waals surface area contributed by atoms with Gasteiger partial charge in [-0.15, -0.1) is 10.2 Å². The van der Waals surface area contributed by atoms with Crippen LogP contribution in [0.15, 0.2) is 54.9 Å². The molecule has 0 N–H and O–H groups in total. The van der Waals surface area contributed by atoms with E-state index in [4.69, 9.17) is 0 Å². The predicted molar refractivity (Wildman–Crippen MR) is 121 cm³/mol. The van der Waals surface area contributed by atoms with Crippen molar-refractivity contribution in [2.45, 2.75) is 45.2 Å². The molecule has 11 heteroatoms. The summed E-state index contributed by atoms with van der Waals surface area (Å²) >= 11 is 0. The molecule has 1 unspecified atom stereocenters. The summed E-state index contributed by atoms with van der Waals surface area (Å²) in [5, 5.41) is 10.5. The van der Waals surface area contributed by atoms with E-state index >= 15 is 0 Å². The number of hydrogen-bond donors (Lipinski definition) is 0. The number of nitrogens with zero attached hydrogens (tertiary/aromatic N) is 8. The molecule has 2 aliphatic rings. The van der Waals surface area contributed by atoms with Crippen LogP contribution in [0.2, 0.25) is 0 Å². The molecule has 5 aromatic rings. The molecule has 1 aromatic carbocycles. The van der Waals surface area contributed by atoms with E-state index in [0.717, 1.165) is 16.3 Å². The van der Waals surface area contributed by atoms with Gasteiger partial charge in [-0.2, -0.15) is 18.2 Å². The lowest BCUT2D eigenvalue weighted by Gasteiger charge is -2.19. The minimum Gasteiger partial charge on any atom is -0.206 e. The van der Waals surface area contributed by atoms with Crippen LogP contribution in [0.5, 0.6) is 0 Å². The number of pyridine rings is 2. The van der Waals surface area contributed by atoms with Gasteiger partial charge in [-0.3, -0.25) is 0 Å². The zero-order valence-electron chi connectivity index (χ0n) is 19.9. The quantitative estimate of drug-likeness (QED) is 0.306. The summed E-state index contributed by atoms with van der Waals surface area (Å²) in [5.41, 5.74) is 2.25. The first kappa shape index (κ1) is 21.2. The highest BCUT2D eigenvalue weighted by Gasteiger charge is 2.71. The molecule has 0 radical (unpaired) electrons. The van der Waals surface area contributed by atoms with E-state index in [1.165, 1.54) is 4.68 Å². The first-order valence-electron chi connectivity index (χ1n) is 11.5. The van der Waals surface area contributed by atoms with Gasteiger partial charge in [0.1, 0.15) is 5.82 Å². The lowest BCUT2D eigenvalue weighted by molar-refractivity contribution is -0.990. The molecule has 0 amide bonds. The molecule has 8 nitrogen and oxygen atoms in total. The maximum atomic E-state index is 13.8. The monoisotopic (exact) mass is 490 g/mol. The topological polar surface area (TPSA) is 69.2 Å². The van der Waals surface area contributed by atoms with Crippen LogP contribution in [0.25, 0.3) is 33.8 Å². The maximum absolute atomic E-state index is 13.8. The van der Waals surface area contributed by atoms with Gasteiger partial charge in [-0.25, -0.2) is 4.98 Å². The third kappa shape index (κ3) is 2.49. The maximum Gasteiger partial charge on any atom is 0.586 e. The van der Waals surface area contributed by atoms with Gasteiger partial charge in [0.15, 0.2) is 12.4 Å². The molecule has 36 heavy (non-hydrogen) atoms. The number of aryl methyl sites for hydroxylation is 1. The molecule has 180 valence electrons. The first-order chi connectivity index (χ1) is 17.0.